The van der Waals surface area contributed by atoms with Gasteiger partial charge in [-0.05, 0) is 38.5 Å². The standard InChI is InChI=1S/C22H39NO2/c1-3-5-7-8-10-19-16-24-21(25-17-19)20-11-14-22(18-23,15-12-20)13-9-6-4-2/h19-21H,3-17H2,1-2H3. The number of rotatable bonds is 10. The minimum absolute atomic E-state index is 0.0146. The molecular weight excluding hydrogens is 310 g/mol. The number of hydrogen-bond acceptors (Lipinski definition) is 3. The first kappa shape index (κ1) is 20.7. The van der Waals surface area contributed by atoms with Gasteiger partial charge in [0.25, 0.3) is 0 Å². The highest BCUT2D eigenvalue weighted by Crippen LogP contribution is 2.44. The molecule has 1 aliphatic heterocycles. The lowest BCUT2D eigenvalue weighted by Crippen LogP contribution is -2.40. The van der Waals surface area contributed by atoms with E-state index >= 15 is 0 Å². The Hall–Kier alpha value is -0.590. The first-order valence-electron chi connectivity index (χ1n) is 10.9. The summed E-state index contributed by atoms with van der Waals surface area (Å²) in [6.07, 6.45) is 15.5. The molecule has 0 bridgehead atoms. The van der Waals surface area contributed by atoms with Gasteiger partial charge >= 0.3 is 0 Å². The molecule has 1 heterocycles. The zero-order chi connectivity index (χ0) is 18.0. The van der Waals surface area contributed by atoms with Crippen LogP contribution in [0.25, 0.3) is 0 Å². The quantitative estimate of drug-likeness (QED) is 0.439. The van der Waals surface area contributed by atoms with E-state index in [9.17, 15) is 5.26 Å². The summed E-state index contributed by atoms with van der Waals surface area (Å²) < 4.78 is 12.2. The molecule has 1 aliphatic carbocycles. The third-order valence-corrected chi connectivity index (χ3v) is 6.33. The SMILES string of the molecule is CCCCCCC1COC(C2CCC(C#N)(CCCCC)CC2)OC1. The predicted octanol–water partition coefficient (Wildman–Crippen LogP) is 6.23. The maximum atomic E-state index is 9.68. The zero-order valence-electron chi connectivity index (χ0n) is 16.6. The second-order valence-corrected chi connectivity index (χ2v) is 8.44. The van der Waals surface area contributed by atoms with Gasteiger partial charge < -0.3 is 9.47 Å². The van der Waals surface area contributed by atoms with E-state index in [1.54, 1.807) is 0 Å². The van der Waals surface area contributed by atoms with Crippen molar-refractivity contribution < 1.29 is 9.47 Å². The van der Waals surface area contributed by atoms with E-state index in [4.69, 9.17) is 9.47 Å². The van der Waals surface area contributed by atoms with E-state index in [2.05, 4.69) is 19.9 Å². The van der Waals surface area contributed by atoms with Crippen molar-refractivity contribution in [2.45, 2.75) is 104 Å². The van der Waals surface area contributed by atoms with Crippen LogP contribution in [0.3, 0.4) is 0 Å². The fraction of sp³-hybridized carbons (Fsp3) is 0.955. The molecule has 25 heavy (non-hydrogen) atoms. The summed E-state index contributed by atoms with van der Waals surface area (Å²) in [6.45, 7) is 6.22. The fourth-order valence-corrected chi connectivity index (χ4v) is 4.45. The largest absolute Gasteiger partial charge is 0.352 e. The van der Waals surface area contributed by atoms with Gasteiger partial charge in [0, 0.05) is 11.8 Å². The Kier molecular flexibility index (Phi) is 9.28. The molecule has 1 saturated carbocycles. The average Bonchev–Trinajstić information content (AvgIpc) is 2.67. The van der Waals surface area contributed by atoms with Crippen LogP contribution in [0.1, 0.15) is 97.3 Å². The van der Waals surface area contributed by atoms with Gasteiger partial charge in [-0.3, -0.25) is 0 Å². The summed E-state index contributed by atoms with van der Waals surface area (Å²) in [5.41, 5.74) is -0.0673. The lowest BCUT2D eigenvalue weighted by atomic mass is 9.68. The smallest absolute Gasteiger partial charge is 0.160 e. The molecule has 0 atom stereocenters. The summed E-state index contributed by atoms with van der Waals surface area (Å²) in [6, 6.07) is 2.66. The van der Waals surface area contributed by atoms with E-state index < -0.39 is 0 Å². The van der Waals surface area contributed by atoms with Gasteiger partial charge in [-0.25, -0.2) is 0 Å². The van der Waals surface area contributed by atoms with Crippen LogP contribution in [0.5, 0.6) is 0 Å². The van der Waals surface area contributed by atoms with Gasteiger partial charge in [0.1, 0.15) is 0 Å². The third-order valence-electron chi connectivity index (χ3n) is 6.33. The Morgan fingerprint density at radius 1 is 0.920 bits per heavy atom. The third kappa shape index (κ3) is 6.57. The Labute approximate surface area is 155 Å². The fourth-order valence-electron chi connectivity index (χ4n) is 4.45. The summed E-state index contributed by atoms with van der Waals surface area (Å²) >= 11 is 0. The van der Waals surface area contributed by atoms with Crippen molar-refractivity contribution in [3.05, 3.63) is 0 Å². The normalized spacial score (nSPS) is 33.1. The van der Waals surface area contributed by atoms with E-state index in [0.717, 1.165) is 45.3 Å². The second-order valence-electron chi connectivity index (χ2n) is 8.44. The monoisotopic (exact) mass is 349 g/mol. The van der Waals surface area contributed by atoms with Crippen molar-refractivity contribution in [1.29, 1.82) is 5.26 Å². The molecule has 2 aliphatic rings. The molecular formula is C22H39NO2. The van der Waals surface area contributed by atoms with Crippen molar-refractivity contribution in [1.82, 2.24) is 0 Å². The Morgan fingerprint density at radius 2 is 1.56 bits per heavy atom. The van der Waals surface area contributed by atoms with Gasteiger partial charge in [-0.2, -0.15) is 5.26 Å². The Morgan fingerprint density at radius 3 is 2.16 bits per heavy atom. The maximum absolute atomic E-state index is 9.68. The van der Waals surface area contributed by atoms with Gasteiger partial charge in [-0.15, -0.1) is 0 Å². The van der Waals surface area contributed by atoms with Crippen molar-refractivity contribution in [3.63, 3.8) is 0 Å². The van der Waals surface area contributed by atoms with Crippen molar-refractivity contribution in [2.75, 3.05) is 13.2 Å². The van der Waals surface area contributed by atoms with E-state index in [1.807, 2.05) is 0 Å². The Balaban J connectivity index is 1.67. The molecule has 0 spiro atoms. The zero-order valence-corrected chi connectivity index (χ0v) is 16.6. The number of hydrogen-bond donors (Lipinski definition) is 0. The van der Waals surface area contributed by atoms with E-state index in [0.29, 0.717) is 11.8 Å². The minimum atomic E-state index is -0.0673. The molecule has 144 valence electrons. The predicted molar refractivity (Wildman–Crippen MR) is 102 cm³/mol. The minimum Gasteiger partial charge on any atom is -0.352 e. The molecule has 2 fully saturated rings. The van der Waals surface area contributed by atoms with Crippen LogP contribution in [-0.2, 0) is 9.47 Å². The maximum Gasteiger partial charge on any atom is 0.160 e. The first-order valence-corrected chi connectivity index (χ1v) is 10.9. The molecule has 0 N–H and O–H groups in total. The number of nitriles is 1. The van der Waals surface area contributed by atoms with Gasteiger partial charge in [0.05, 0.1) is 24.7 Å². The summed E-state index contributed by atoms with van der Waals surface area (Å²) in [7, 11) is 0. The van der Waals surface area contributed by atoms with Crippen molar-refractivity contribution in [3.8, 4) is 6.07 Å². The number of unbranched alkanes of at least 4 members (excludes halogenated alkanes) is 5. The molecule has 0 unspecified atom stereocenters. The highest BCUT2D eigenvalue weighted by molar-refractivity contribution is 5.01. The van der Waals surface area contributed by atoms with Gasteiger partial charge in [-0.1, -0.05) is 58.8 Å². The molecule has 0 aromatic carbocycles. The summed E-state index contributed by atoms with van der Waals surface area (Å²) in [5.74, 6) is 1.08. The number of nitrogens with zero attached hydrogens (tertiary/aromatic N) is 1. The van der Waals surface area contributed by atoms with Gasteiger partial charge in [0.15, 0.2) is 6.29 Å². The lowest BCUT2D eigenvalue weighted by molar-refractivity contribution is -0.231. The van der Waals surface area contributed by atoms with E-state index in [-0.39, 0.29) is 11.7 Å². The molecule has 0 amide bonds. The van der Waals surface area contributed by atoms with Crippen LogP contribution in [0, 0.1) is 28.6 Å². The lowest BCUT2D eigenvalue weighted by Gasteiger charge is -2.40. The van der Waals surface area contributed by atoms with Crippen LogP contribution in [-0.4, -0.2) is 19.5 Å². The van der Waals surface area contributed by atoms with Gasteiger partial charge in [0.2, 0.25) is 0 Å². The molecule has 0 aromatic rings. The molecule has 2 rings (SSSR count). The molecule has 0 radical (unpaired) electrons. The summed E-state index contributed by atoms with van der Waals surface area (Å²) in [5, 5.41) is 9.68. The highest BCUT2D eigenvalue weighted by Gasteiger charge is 2.39. The van der Waals surface area contributed by atoms with Crippen LogP contribution in [0.4, 0.5) is 0 Å². The van der Waals surface area contributed by atoms with E-state index in [1.165, 1.54) is 51.4 Å². The summed E-state index contributed by atoms with van der Waals surface area (Å²) in [4.78, 5) is 0. The topological polar surface area (TPSA) is 42.2 Å². The molecule has 0 aromatic heterocycles. The number of ether oxygens (including phenoxy) is 2. The Bertz CT molecular complexity index is 387. The van der Waals surface area contributed by atoms with Crippen molar-refractivity contribution >= 4 is 0 Å². The van der Waals surface area contributed by atoms with Crippen molar-refractivity contribution in [2.24, 2.45) is 17.3 Å². The van der Waals surface area contributed by atoms with Crippen LogP contribution in [0.15, 0.2) is 0 Å². The molecule has 3 heteroatoms. The van der Waals surface area contributed by atoms with Crippen LogP contribution < -0.4 is 0 Å². The average molecular weight is 350 g/mol. The van der Waals surface area contributed by atoms with Crippen LogP contribution in [0.2, 0.25) is 0 Å². The second kappa shape index (κ2) is 11.2. The van der Waals surface area contributed by atoms with Crippen LogP contribution >= 0.6 is 0 Å². The molecule has 1 saturated heterocycles. The molecule has 3 nitrogen and oxygen atoms in total. The first-order chi connectivity index (χ1) is 12.2. The highest BCUT2D eigenvalue weighted by atomic mass is 16.7.